The fraction of sp³-hybridized carbons (Fsp3) is 0.556. The molecule has 0 saturated heterocycles. The Balaban J connectivity index is 2.24. The van der Waals surface area contributed by atoms with Gasteiger partial charge < -0.3 is 0 Å². The van der Waals surface area contributed by atoms with Gasteiger partial charge in [0, 0.05) is 9.70 Å². The van der Waals surface area contributed by atoms with Crippen LogP contribution in [-0.4, -0.2) is 4.83 Å². The Hall–Kier alpha value is 0.470. The van der Waals surface area contributed by atoms with Gasteiger partial charge in [-0.1, -0.05) is 34.5 Å². The lowest BCUT2D eigenvalue weighted by Gasteiger charge is -2.00. The molecule has 0 N–H and O–H groups in total. The number of hydrogen-bond acceptors (Lipinski definition) is 1. The summed E-state index contributed by atoms with van der Waals surface area (Å²) in [5, 5.41) is 0. The van der Waals surface area contributed by atoms with Crippen LogP contribution in [0.1, 0.15) is 24.6 Å². The Bertz CT molecular complexity index is 232. The van der Waals surface area contributed by atoms with E-state index in [1.54, 1.807) is 11.3 Å². The van der Waals surface area contributed by atoms with E-state index in [1.165, 1.54) is 17.7 Å². The summed E-state index contributed by atoms with van der Waals surface area (Å²) in [5.41, 5.74) is 0. The van der Waals surface area contributed by atoms with E-state index in [2.05, 4.69) is 28.9 Å². The summed E-state index contributed by atoms with van der Waals surface area (Å²) >= 11 is 11.0. The van der Waals surface area contributed by atoms with Crippen LogP contribution in [0.25, 0.3) is 0 Å². The molecule has 12 heavy (non-hydrogen) atoms. The normalized spacial score (nSPS) is 13.2. The van der Waals surface area contributed by atoms with Crippen LogP contribution in [0.15, 0.2) is 12.1 Å². The van der Waals surface area contributed by atoms with Gasteiger partial charge in [0.1, 0.15) is 0 Å². The second-order valence-corrected chi connectivity index (χ2v) is 6.24. The van der Waals surface area contributed by atoms with Gasteiger partial charge in [0.05, 0.1) is 4.34 Å². The predicted octanol–water partition coefficient (Wildman–Crippen LogP) is 4.51. The van der Waals surface area contributed by atoms with E-state index in [4.69, 9.17) is 11.6 Å². The molecule has 0 amide bonds. The minimum atomic E-state index is 0.632. The molecule has 0 spiro atoms. The van der Waals surface area contributed by atoms with E-state index in [9.17, 15) is 0 Å². The lowest BCUT2D eigenvalue weighted by Crippen LogP contribution is -1.90. The van der Waals surface area contributed by atoms with Crippen molar-refractivity contribution < 1.29 is 0 Å². The Labute approximate surface area is 91.1 Å². The van der Waals surface area contributed by atoms with Gasteiger partial charge in [-0.2, -0.15) is 0 Å². The quantitative estimate of drug-likeness (QED) is 0.704. The summed E-state index contributed by atoms with van der Waals surface area (Å²) in [6.07, 6.45) is 3.63. The van der Waals surface area contributed by atoms with Crippen molar-refractivity contribution >= 4 is 38.9 Å². The van der Waals surface area contributed by atoms with Crippen LogP contribution >= 0.6 is 38.9 Å². The highest BCUT2D eigenvalue weighted by Gasteiger charge is 1.99. The van der Waals surface area contributed by atoms with Crippen LogP contribution in [0.5, 0.6) is 0 Å². The van der Waals surface area contributed by atoms with Crippen LogP contribution < -0.4 is 0 Å². The van der Waals surface area contributed by atoms with Gasteiger partial charge in [-0.05, 0) is 31.4 Å². The van der Waals surface area contributed by atoms with Crippen molar-refractivity contribution in [2.75, 3.05) is 0 Å². The van der Waals surface area contributed by atoms with E-state index in [0.29, 0.717) is 4.83 Å². The van der Waals surface area contributed by atoms with Crippen molar-refractivity contribution in [2.24, 2.45) is 0 Å². The molecular formula is C9H12BrClS. The third kappa shape index (κ3) is 3.92. The first-order chi connectivity index (χ1) is 5.68. The smallest absolute Gasteiger partial charge is 0.0931 e. The number of rotatable bonds is 4. The van der Waals surface area contributed by atoms with Crippen molar-refractivity contribution in [3.8, 4) is 0 Å². The minimum Gasteiger partial charge on any atom is -0.128 e. The molecule has 68 valence electrons. The predicted molar refractivity (Wildman–Crippen MR) is 60.7 cm³/mol. The van der Waals surface area contributed by atoms with Gasteiger partial charge >= 0.3 is 0 Å². The van der Waals surface area contributed by atoms with Gasteiger partial charge in [-0.15, -0.1) is 11.3 Å². The Morgan fingerprint density at radius 1 is 1.58 bits per heavy atom. The molecule has 3 heteroatoms. The van der Waals surface area contributed by atoms with Gasteiger partial charge in [0.25, 0.3) is 0 Å². The van der Waals surface area contributed by atoms with E-state index in [-0.39, 0.29) is 0 Å². The molecule has 0 bridgehead atoms. The fourth-order valence-electron chi connectivity index (χ4n) is 1.04. The Morgan fingerprint density at radius 3 is 2.83 bits per heavy atom. The maximum absolute atomic E-state index is 5.81. The first-order valence-electron chi connectivity index (χ1n) is 4.07. The SMILES string of the molecule is CC(Br)CCCc1ccc(Cl)s1. The average molecular weight is 268 g/mol. The molecule has 1 atom stereocenters. The van der Waals surface area contributed by atoms with Crippen molar-refractivity contribution in [3.63, 3.8) is 0 Å². The van der Waals surface area contributed by atoms with Gasteiger partial charge in [-0.25, -0.2) is 0 Å². The van der Waals surface area contributed by atoms with Crippen LogP contribution in [0.4, 0.5) is 0 Å². The molecule has 0 nitrogen and oxygen atoms in total. The summed E-state index contributed by atoms with van der Waals surface area (Å²) in [7, 11) is 0. The summed E-state index contributed by atoms with van der Waals surface area (Å²) < 4.78 is 0.900. The van der Waals surface area contributed by atoms with Gasteiger partial charge in [-0.3, -0.25) is 0 Å². The van der Waals surface area contributed by atoms with Gasteiger partial charge in [0.2, 0.25) is 0 Å². The first-order valence-corrected chi connectivity index (χ1v) is 6.18. The summed E-state index contributed by atoms with van der Waals surface area (Å²) in [6, 6.07) is 4.09. The zero-order chi connectivity index (χ0) is 8.97. The molecule has 0 saturated carbocycles. The van der Waals surface area contributed by atoms with Crippen molar-refractivity contribution in [1.82, 2.24) is 0 Å². The second kappa shape index (κ2) is 5.25. The molecule has 0 aliphatic rings. The summed E-state index contributed by atoms with van der Waals surface area (Å²) in [5.74, 6) is 0. The van der Waals surface area contributed by atoms with E-state index in [1.807, 2.05) is 6.07 Å². The molecule has 0 aliphatic carbocycles. The Morgan fingerprint density at radius 2 is 2.33 bits per heavy atom. The lowest BCUT2D eigenvalue weighted by atomic mass is 10.2. The largest absolute Gasteiger partial charge is 0.128 e. The van der Waals surface area contributed by atoms with Crippen LogP contribution in [0, 0.1) is 0 Å². The number of hydrogen-bond donors (Lipinski definition) is 0. The number of aryl methyl sites for hydroxylation is 1. The van der Waals surface area contributed by atoms with Crippen molar-refractivity contribution in [3.05, 3.63) is 21.3 Å². The highest BCUT2D eigenvalue weighted by Crippen LogP contribution is 2.23. The highest BCUT2D eigenvalue weighted by atomic mass is 79.9. The zero-order valence-electron chi connectivity index (χ0n) is 7.02. The molecule has 1 rings (SSSR count). The zero-order valence-corrected chi connectivity index (χ0v) is 10.2. The molecule has 1 heterocycles. The molecule has 0 aliphatic heterocycles. The molecular weight excluding hydrogens is 256 g/mol. The minimum absolute atomic E-state index is 0.632. The van der Waals surface area contributed by atoms with Crippen LogP contribution in [-0.2, 0) is 6.42 Å². The molecule has 0 aromatic carbocycles. The first kappa shape index (κ1) is 10.6. The monoisotopic (exact) mass is 266 g/mol. The maximum Gasteiger partial charge on any atom is 0.0931 e. The third-order valence-corrected chi connectivity index (χ3v) is 3.40. The van der Waals surface area contributed by atoms with Gasteiger partial charge in [0.15, 0.2) is 0 Å². The van der Waals surface area contributed by atoms with Crippen molar-refractivity contribution in [2.45, 2.75) is 31.0 Å². The summed E-state index contributed by atoms with van der Waals surface area (Å²) in [4.78, 5) is 2.03. The molecule has 0 radical (unpaired) electrons. The fourth-order valence-corrected chi connectivity index (χ4v) is 2.50. The molecule has 0 fully saturated rings. The number of halogens is 2. The topological polar surface area (TPSA) is 0 Å². The number of thiophene rings is 1. The van der Waals surface area contributed by atoms with Crippen LogP contribution in [0.3, 0.4) is 0 Å². The number of alkyl halides is 1. The standard InChI is InChI=1S/C9H12BrClS/c1-7(10)3-2-4-8-5-6-9(11)12-8/h5-7H,2-4H2,1H3. The van der Waals surface area contributed by atoms with E-state index < -0.39 is 0 Å². The Kier molecular flexibility index (Phi) is 4.62. The summed E-state index contributed by atoms with van der Waals surface area (Å²) in [6.45, 7) is 2.18. The van der Waals surface area contributed by atoms with Crippen LogP contribution in [0.2, 0.25) is 4.34 Å². The molecule has 1 aromatic heterocycles. The molecule has 1 unspecified atom stereocenters. The van der Waals surface area contributed by atoms with E-state index in [0.717, 1.165) is 10.8 Å². The lowest BCUT2D eigenvalue weighted by molar-refractivity contribution is 0.742. The average Bonchev–Trinajstić information content (AvgIpc) is 2.35. The second-order valence-electron chi connectivity index (χ2n) is 2.88. The maximum atomic E-state index is 5.81. The highest BCUT2D eigenvalue weighted by molar-refractivity contribution is 9.09. The van der Waals surface area contributed by atoms with Crippen molar-refractivity contribution in [1.29, 1.82) is 0 Å². The molecule has 1 aromatic rings. The third-order valence-electron chi connectivity index (χ3n) is 1.65. The van der Waals surface area contributed by atoms with E-state index >= 15 is 0 Å².